The third-order valence-electron chi connectivity index (χ3n) is 3.63. The van der Waals surface area contributed by atoms with Crippen molar-refractivity contribution in [3.8, 4) is 0 Å². The molecule has 1 amide bonds. The molecule has 2 rings (SSSR count). The first kappa shape index (κ1) is 14.5. The van der Waals surface area contributed by atoms with Gasteiger partial charge in [0.15, 0.2) is 0 Å². The van der Waals surface area contributed by atoms with Gasteiger partial charge in [-0.2, -0.15) is 0 Å². The third-order valence-corrected chi connectivity index (χ3v) is 4.45. The first-order valence-electron chi connectivity index (χ1n) is 6.47. The number of amides is 1. The number of anilines is 1. The largest absolute Gasteiger partial charge is 0.397 e. The molecule has 1 fully saturated rings. The second-order valence-corrected chi connectivity index (χ2v) is 6.10. The van der Waals surface area contributed by atoms with Crippen molar-refractivity contribution in [1.82, 2.24) is 4.90 Å². The Hall–Kier alpha value is -0.930. The topological polar surface area (TPSA) is 46.3 Å². The number of nitrogens with two attached hydrogens (primary N) is 1. The summed E-state index contributed by atoms with van der Waals surface area (Å²) in [6, 6.07) is 3.49. The van der Waals surface area contributed by atoms with E-state index in [4.69, 9.17) is 28.9 Å². The first-order valence-corrected chi connectivity index (χ1v) is 7.23. The molecule has 0 radical (unpaired) electrons. The van der Waals surface area contributed by atoms with Gasteiger partial charge in [-0.25, -0.2) is 0 Å². The number of carbonyl (C=O) groups excluding carboxylic acids is 1. The van der Waals surface area contributed by atoms with Gasteiger partial charge >= 0.3 is 0 Å². The van der Waals surface area contributed by atoms with Crippen molar-refractivity contribution < 1.29 is 4.79 Å². The number of carbonyl (C=O) groups is 1. The summed E-state index contributed by atoms with van der Waals surface area (Å²) in [5, 5.41) is 0.630. The number of benzene rings is 1. The van der Waals surface area contributed by atoms with Crippen LogP contribution in [0.2, 0.25) is 10.0 Å². The van der Waals surface area contributed by atoms with Gasteiger partial charge in [-0.1, -0.05) is 37.0 Å². The predicted molar refractivity (Wildman–Crippen MR) is 79.8 cm³/mol. The van der Waals surface area contributed by atoms with Crippen LogP contribution in [0.1, 0.15) is 37.0 Å². The lowest BCUT2D eigenvalue weighted by Crippen LogP contribution is -2.38. The van der Waals surface area contributed by atoms with E-state index >= 15 is 0 Å². The quantitative estimate of drug-likeness (QED) is 0.844. The fourth-order valence-electron chi connectivity index (χ4n) is 2.64. The predicted octanol–water partition coefficient (Wildman–Crippen LogP) is 3.84. The summed E-state index contributed by atoms with van der Waals surface area (Å²) in [7, 11) is 0. The summed E-state index contributed by atoms with van der Waals surface area (Å²) in [5.74, 6) is 0.438. The summed E-state index contributed by atoms with van der Waals surface area (Å²) in [6.07, 6.45) is 2.10. The second kappa shape index (κ2) is 5.59. The molecule has 1 heterocycles. The van der Waals surface area contributed by atoms with E-state index in [1.807, 2.05) is 4.90 Å². The molecular formula is C14H18Cl2N2O. The molecule has 1 atom stereocenters. The number of likely N-dealkylation sites (tertiary alicyclic amines) is 1. The molecule has 1 saturated heterocycles. The van der Waals surface area contributed by atoms with Crippen LogP contribution in [0, 0.1) is 5.92 Å². The van der Waals surface area contributed by atoms with Gasteiger partial charge in [-0.3, -0.25) is 4.79 Å². The maximum atomic E-state index is 12.5. The summed E-state index contributed by atoms with van der Waals surface area (Å²) >= 11 is 11.9. The van der Waals surface area contributed by atoms with Crippen LogP contribution in [0.4, 0.5) is 5.69 Å². The molecule has 5 heteroatoms. The minimum absolute atomic E-state index is 0.0125. The normalized spacial score (nSPS) is 19.2. The maximum Gasteiger partial charge on any atom is 0.254 e. The van der Waals surface area contributed by atoms with E-state index in [1.165, 1.54) is 0 Å². The van der Waals surface area contributed by atoms with Gasteiger partial charge in [0.2, 0.25) is 0 Å². The van der Waals surface area contributed by atoms with Crippen LogP contribution in [0.15, 0.2) is 12.1 Å². The van der Waals surface area contributed by atoms with Crippen molar-refractivity contribution in [3.05, 3.63) is 27.7 Å². The van der Waals surface area contributed by atoms with Crippen LogP contribution in [0.25, 0.3) is 0 Å². The highest BCUT2D eigenvalue weighted by Gasteiger charge is 2.31. The number of rotatable bonds is 2. The van der Waals surface area contributed by atoms with E-state index in [0.29, 0.717) is 33.3 Å². The highest BCUT2D eigenvalue weighted by molar-refractivity contribution is 6.43. The molecule has 3 nitrogen and oxygen atoms in total. The number of halogens is 2. The molecule has 1 aliphatic rings. The lowest BCUT2D eigenvalue weighted by atomic mass is 10.0. The van der Waals surface area contributed by atoms with Crippen LogP contribution < -0.4 is 5.73 Å². The summed E-state index contributed by atoms with van der Waals surface area (Å²) in [4.78, 5) is 14.5. The molecule has 0 saturated carbocycles. The molecule has 1 unspecified atom stereocenters. The number of nitrogens with zero attached hydrogens (tertiary/aromatic N) is 1. The SMILES string of the molecule is CC(C)C1CCCN1C(=O)c1cc(N)c(Cl)c(Cl)c1. The number of hydrogen-bond acceptors (Lipinski definition) is 2. The molecule has 0 aromatic heterocycles. The number of hydrogen-bond donors (Lipinski definition) is 1. The molecule has 0 bridgehead atoms. The molecule has 2 N–H and O–H groups in total. The Labute approximate surface area is 123 Å². The van der Waals surface area contributed by atoms with Crippen LogP contribution in [0.5, 0.6) is 0 Å². The minimum Gasteiger partial charge on any atom is -0.397 e. The Kier molecular flexibility index (Phi) is 4.26. The highest BCUT2D eigenvalue weighted by Crippen LogP contribution is 2.31. The monoisotopic (exact) mass is 300 g/mol. The zero-order chi connectivity index (χ0) is 14.2. The Morgan fingerprint density at radius 2 is 2.11 bits per heavy atom. The Balaban J connectivity index is 2.29. The molecule has 1 aromatic rings. The van der Waals surface area contributed by atoms with Crippen molar-refractivity contribution in [2.75, 3.05) is 12.3 Å². The maximum absolute atomic E-state index is 12.5. The van der Waals surface area contributed by atoms with Crippen LogP contribution in [-0.4, -0.2) is 23.4 Å². The average molecular weight is 301 g/mol. The van der Waals surface area contributed by atoms with Gasteiger partial charge in [-0.15, -0.1) is 0 Å². The zero-order valence-corrected chi connectivity index (χ0v) is 12.6. The van der Waals surface area contributed by atoms with Gasteiger partial charge in [0.25, 0.3) is 5.91 Å². The average Bonchev–Trinajstić information content (AvgIpc) is 2.83. The van der Waals surface area contributed by atoms with Crippen molar-refractivity contribution in [2.45, 2.75) is 32.7 Å². The van der Waals surface area contributed by atoms with E-state index in [0.717, 1.165) is 19.4 Å². The van der Waals surface area contributed by atoms with Crippen LogP contribution >= 0.6 is 23.2 Å². The van der Waals surface area contributed by atoms with E-state index in [1.54, 1.807) is 12.1 Å². The smallest absolute Gasteiger partial charge is 0.254 e. The summed E-state index contributed by atoms with van der Waals surface area (Å²) in [6.45, 7) is 5.07. The molecule has 0 spiro atoms. The van der Waals surface area contributed by atoms with Gasteiger partial charge < -0.3 is 10.6 Å². The van der Waals surface area contributed by atoms with Crippen molar-refractivity contribution in [3.63, 3.8) is 0 Å². The van der Waals surface area contributed by atoms with Crippen molar-refractivity contribution >= 4 is 34.8 Å². The summed E-state index contributed by atoms with van der Waals surface area (Å²) in [5.41, 5.74) is 6.62. The summed E-state index contributed by atoms with van der Waals surface area (Å²) < 4.78 is 0. The van der Waals surface area contributed by atoms with Gasteiger partial charge in [0.1, 0.15) is 0 Å². The first-order chi connectivity index (χ1) is 8.91. The molecular weight excluding hydrogens is 283 g/mol. The fraction of sp³-hybridized carbons (Fsp3) is 0.500. The lowest BCUT2D eigenvalue weighted by molar-refractivity contribution is 0.0701. The molecule has 19 heavy (non-hydrogen) atoms. The van der Waals surface area contributed by atoms with E-state index in [9.17, 15) is 4.79 Å². The van der Waals surface area contributed by atoms with Crippen molar-refractivity contribution in [2.24, 2.45) is 5.92 Å². The number of nitrogen functional groups attached to an aromatic ring is 1. The fourth-order valence-corrected chi connectivity index (χ4v) is 2.97. The Morgan fingerprint density at radius 1 is 1.42 bits per heavy atom. The molecule has 104 valence electrons. The van der Waals surface area contributed by atoms with E-state index in [-0.39, 0.29) is 5.91 Å². The van der Waals surface area contributed by atoms with Crippen molar-refractivity contribution in [1.29, 1.82) is 0 Å². The highest BCUT2D eigenvalue weighted by atomic mass is 35.5. The third kappa shape index (κ3) is 2.82. The van der Waals surface area contributed by atoms with E-state index < -0.39 is 0 Å². The lowest BCUT2D eigenvalue weighted by Gasteiger charge is -2.28. The van der Waals surface area contributed by atoms with Gasteiger partial charge in [0.05, 0.1) is 15.7 Å². The zero-order valence-electron chi connectivity index (χ0n) is 11.1. The van der Waals surface area contributed by atoms with Gasteiger partial charge in [-0.05, 0) is 30.9 Å². The van der Waals surface area contributed by atoms with Crippen LogP contribution in [-0.2, 0) is 0 Å². The molecule has 0 aliphatic carbocycles. The molecule has 1 aromatic carbocycles. The van der Waals surface area contributed by atoms with Crippen LogP contribution in [0.3, 0.4) is 0 Å². The van der Waals surface area contributed by atoms with E-state index in [2.05, 4.69) is 13.8 Å². The second-order valence-electron chi connectivity index (χ2n) is 5.31. The Bertz CT molecular complexity index is 479. The minimum atomic E-state index is -0.0125. The standard InChI is InChI=1S/C14H18Cl2N2O/c1-8(2)12-4-3-5-18(12)14(19)9-6-10(15)13(16)11(17)7-9/h6-8,12H,3-5,17H2,1-2H3. The molecule has 1 aliphatic heterocycles. The van der Waals surface area contributed by atoms with Gasteiger partial charge in [0, 0.05) is 18.2 Å². The Morgan fingerprint density at radius 3 is 2.68 bits per heavy atom.